The smallest absolute Gasteiger partial charge is 0.253 e. The second kappa shape index (κ2) is 9.33. The molecule has 2 aliphatic heterocycles. The van der Waals surface area contributed by atoms with Gasteiger partial charge in [0.1, 0.15) is 30.2 Å². The van der Waals surface area contributed by atoms with Crippen molar-refractivity contribution in [1.82, 2.24) is 15.7 Å². The van der Waals surface area contributed by atoms with Crippen LogP contribution in [0.1, 0.15) is 15.9 Å². The van der Waals surface area contributed by atoms with E-state index in [-0.39, 0.29) is 18.4 Å². The number of carbonyl (C=O) groups excluding carboxylic acids is 3. The minimum absolute atomic E-state index is 0.0307. The third-order valence-electron chi connectivity index (χ3n) is 5.50. The van der Waals surface area contributed by atoms with Crippen LogP contribution in [0.2, 0.25) is 0 Å². The summed E-state index contributed by atoms with van der Waals surface area (Å²) in [6, 6.07) is 13.1. The average Bonchev–Trinajstić information content (AvgIpc) is 3.25. The van der Waals surface area contributed by atoms with Crippen molar-refractivity contribution in [3.8, 4) is 5.75 Å². The number of rotatable bonds is 5. The van der Waals surface area contributed by atoms with E-state index in [2.05, 4.69) is 10.8 Å². The Hall–Kier alpha value is -3.85. The number of hydrogen-bond donors (Lipinski definition) is 2. The molecule has 0 aliphatic carbocycles. The summed E-state index contributed by atoms with van der Waals surface area (Å²) in [6.07, 6.45) is 2.25. The highest BCUT2D eigenvalue weighted by molar-refractivity contribution is 6.03. The quantitative estimate of drug-likeness (QED) is 0.712. The molecule has 0 spiro atoms. The molecule has 0 aromatic heterocycles. The largest absolute Gasteiger partial charge is 0.489 e. The Balaban J connectivity index is 1.43. The predicted octanol–water partition coefficient (Wildman–Crippen LogP) is 1.26. The molecule has 33 heavy (non-hydrogen) atoms. The van der Waals surface area contributed by atoms with Crippen LogP contribution in [0.25, 0.3) is 0 Å². The summed E-state index contributed by atoms with van der Waals surface area (Å²) in [5.41, 5.74) is 4.66. The summed E-state index contributed by atoms with van der Waals surface area (Å²) in [5, 5.41) is 2.74. The molecule has 0 fully saturated rings. The molecule has 2 aliphatic rings. The molecule has 2 unspecified atom stereocenters. The van der Waals surface area contributed by atoms with Gasteiger partial charge in [0.2, 0.25) is 5.91 Å². The van der Waals surface area contributed by atoms with Crippen molar-refractivity contribution in [2.75, 3.05) is 32.6 Å². The van der Waals surface area contributed by atoms with E-state index in [0.717, 1.165) is 5.56 Å². The number of nitrogens with one attached hydrogen (secondary N) is 2. The molecule has 9 heteroatoms. The Kier molecular flexibility index (Phi) is 6.32. The molecule has 2 aromatic carbocycles. The van der Waals surface area contributed by atoms with Crippen molar-refractivity contribution in [3.63, 3.8) is 0 Å². The van der Waals surface area contributed by atoms with Crippen LogP contribution in [0.3, 0.4) is 0 Å². The molecule has 2 atom stereocenters. The maximum absolute atomic E-state index is 13.0. The summed E-state index contributed by atoms with van der Waals surface area (Å²) < 4.78 is 5.79. The molecular formula is C24H26N4O5. The van der Waals surface area contributed by atoms with Gasteiger partial charge in [0.15, 0.2) is 0 Å². The zero-order valence-corrected chi connectivity index (χ0v) is 18.7. The lowest BCUT2D eigenvalue weighted by molar-refractivity contribution is -0.129. The van der Waals surface area contributed by atoms with E-state index in [4.69, 9.17) is 9.57 Å². The van der Waals surface area contributed by atoms with Crippen LogP contribution in [-0.4, -0.2) is 62.5 Å². The van der Waals surface area contributed by atoms with Crippen molar-refractivity contribution >= 4 is 23.4 Å². The molecule has 4 rings (SSSR count). The Morgan fingerprint density at radius 3 is 2.67 bits per heavy atom. The minimum Gasteiger partial charge on any atom is -0.489 e. The highest BCUT2D eigenvalue weighted by atomic mass is 16.7. The lowest BCUT2D eigenvalue weighted by atomic mass is 10.1. The number of nitrogens with zero attached hydrogens (tertiary/aromatic N) is 2. The maximum atomic E-state index is 13.0. The van der Waals surface area contributed by atoms with E-state index >= 15 is 0 Å². The van der Waals surface area contributed by atoms with Gasteiger partial charge in [-0.15, -0.1) is 5.48 Å². The van der Waals surface area contributed by atoms with E-state index in [9.17, 15) is 14.4 Å². The molecule has 9 nitrogen and oxygen atoms in total. The molecule has 172 valence electrons. The zero-order chi connectivity index (χ0) is 23.5. The monoisotopic (exact) mass is 450 g/mol. The van der Waals surface area contributed by atoms with Gasteiger partial charge in [-0.05, 0) is 29.8 Å². The number of amides is 3. The summed E-state index contributed by atoms with van der Waals surface area (Å²) >= 11 is 0. The van der Waals surface area contributed by atoms with E-state index in [0.29, 0.717) is 29.2 Å². The van der Waals surface area contributed by atoms with Gasteiger partial charge in [-0.25, -0.2) is 0 Å². The van der Waals surface area contributed by atoms with Gasteiger partial charge in [0.25, 0.3) is 11.8 Å². The van der Waals surface area contributed by atoms with Gasteiger partial charge >= 0.3 is 0 Å². The van der Waals surface area contributed by atoms with Gasteiger partial charge in [0.05, 0.1) is 5.69 Å². The fourth-order valence-corrected chi connectivity index (χ4v) is 3.67. The third-order valence-corrected chi connectivity index (χ3v) is 5.50. The summed E-state index contributed by atoms with van der Waals surface area (Å²) in [4.78, 5) is 46.4. The topological polar surface area (TPSA) is 100 Å². The molecule has 0 saturated carbocycles. The van der Waals surface area contributed by atoms with Gasteiger partial charge in [-0.1, -0.05) is 30.3 Å². The molecule has 0 saturated heterocycles. The number of likely N-dealkylation sites (N-methyl/N-ethyl adjacent to an activating group) is 1. The van der Waals surface area contributed by atoms with Crippen LogP contribution in [0.4, 0.5) is 5.69 Å². The lowest BCUT2D eigenvalue weighted by Crippen LogP contribution is -2.53. The number of ether oxygens (including phenoxy) is 1. The first-order valence-electron chi connectivity index (χ1n) is 10.6. The van der Waals surface area contributed by atoms with Crippen molar-refractivity contribution < 1.29 is 24.0 Å². The van der Waals surface area contributed by atoms with Crippen molar-refractivity contribution in [3.05, 3.63) is 71.5 Å². The van der Waals surface area contributed by atoms with Gasteiger partial charge in [0, 0.05) is 33.1 Å². The summed E-state index contributed by atoms with van der Waals surface area (Å²) in [5.74, 6) is 0.169. The number of benzene rings is 2. The van der Waals surface area contributed by atoms with Crippen molar-refractivity contribution in [2.45, 2.75) is 18.5 Å². The first-order chi connectivity index (χ1) is 15.8. The molecule has 2 heterocycles. The molecular weight excluding hydrogens is 424 g/mol. The zero-order valence-electron chi connectivity index (χ0n) is 18.7. The number of carbonyl (C=O) groups is 3. The van der Waals surface area contributed by atoms with E-state index in [1.807, 2.05) is 30.3 Å². The number of hydroxylamine groups is 1. The fraction of sp³-hybridized carbons (Fsp3) is 0.292. The van der Waals surface area contributed by atoms with Crippen LogP contribution in [0.5, 0.6) is 5.75 Å². The van der Waals surface area contributed by atoms with Crippen LogP contribution in [-0.2, 0) is 20.8 Å². The van der Waals surface area contributed by atoms with Crippen molar-refractivity contribution in [1.29, 1.82) is 0 Å². The Morgan fingerprint density at radius 1 is 1.18 bits per heavy atom. The first kappa shape index (κ1) is 22.3. The number of allylic oxidation sites excluding steroid dienone is 1. The number of anilines is 1. The molecule has 2 aromatic rings. The first-order valence-corrected chi connectivity index (χ1v) is 10.6. The maximum Gasteiger partial charge on any atom is 0.253 e. The SMILES string of the molecule is CN(C)C(=O)c1ccc2c(c1)N(C)C(=O)C(NC(=O)C1C=C(Cc3ccccc3)ON1)CO2. The van der Waals surface area contributed by atoms with Crippen molar-refractivity contribution in [2.24, 2.45) is 0 Å². The minimum atomic E-state index is -0.892. The van der Waals surface area contributed by atoms with Crippen LogP contribution in [0, 0.1) is 0 Å². The summed E-state index contributed by atoms with van der Waals surface area (Å²) in [6.45, 7) is -0.0307. The highest BCUT2D eigenvalue weighted by Gasteiger charge is 2.33. The van der Waals surface area contributed by atoms with Gasteiger partial charge in [-0.2, -0.15) is 0 Å². The number of hydrogen-bond acceptors (Lipinski definition) is 6. The van der Waals surface area contributed by atoms with Crippen LogP contribution >= 0.6 is 0 Å². The average molecular weight is 450 g/mol. The molecule has 2 N–H and O–H groups in total. The van der Waals surface area contributed by atoms with E-state index < -0.39 is 18.0 Å². The standard InChI is InChI=1S/C24H26N4O5/c1-27(2)23(30)16-9-10-21-20(12-16)28(3)24(31)19(14-32-21)25-22(29)18-13-17(33-26-18)11-15-7-5-4-6-8-15/h4-10,12-13,18-19,26H,11,14H2,1-3H3,(H,25,29). The van der Waals surface area contributed by atoms with Gasteiger partial charge in [-0.3, -0.25) is 14.4 Å². The Morgan fingerprint density at radius 2 is 1.94 bits per heavy atom. The molecule has 0 bridgehead atoms. The van der Waals surface area contributed by atoms with E-state index in [1.165, 1.54) is 9.80 Å². The Labute approximate surface area is 191 Å². The second-order valence-electron chi connectivity index (χ2n) is 8.14. The lowest BCUT2D eigenvalue weighted by Gasteiger charge is -2.21. The molecule has 3 amide bonds. The third kappa shape index (κ3) is 4.83. The predicted molar refractivity (Wildman–Crippen MR) is 122 cm³/mol. The molecule has 0 radical (unpaired) electrons. The second-order valence-corrected chi connectivity index (χ2v) is 8.14. The normalized spacial score (nSPS) is 19.5. The van der Waals surface area contributed by atoms with Crippen LogP contribution in [0.15, 0.2) is 60.4 Å². The Bertz CT molecular complexity index is 1100. The van der Waals surface area contributed by atoms with E-state index in [1.54, 1.807) is 45.4 Å². The van der Waals surface area contributed by atoms with Crippen LogP contribution < -0.4 is 20.4 Å². The number of fused-ring (bicyclic) bond motifs is 1. The summed E-state index contributed by atoms with van der Waals surface area (Å²) in [7, 11) is 4.91. The highest BCUT2D eigenvalue weighted by Crippen LogP contribution is 2.32. The van der Waals surface area contributed by atoms with Gasteiger partial charge < -0.3 is 24.7 Å². The fourth-order valence-electron chi connectivity index (χ4n) is 3.67.